The second-order valence-corrected chi connectivity index (χ2v) is 7.04. The van der Waals surface area contributed by atoms with E-state index in [1.807, 2.05) is 34.9 Å². The highest BCUT2D eigenvalue weighted by Crippen LogP contribution is 2.32. The minimum atomic E-state index is -0.274. The van der Waals surface area contributed by atoms with Gasteiger partial charge in [0.05, 0.1) is 17.1 Å². The highest BCUT2D eigenvalue weighted by atomic mass is 19.1. The van der Waals surface area contributed by atoms with Gasteiger partial charge >= 0.3 is 0 Å². The smallest absolute Gasteiger partial charge is 0.223 e. The molecule has 1 fully saturated rings. The third kappa shape index (κ3) is 3.56. The summed E-state index contributed by atoms with van der Waals surface area (Å²) in [5.41, 5.74) is 4.01. The van der Waals surface area contributed by atoms with Gasteiger partial charge in [-0.15, -0.1) is 0 Å². The van der Waals surface area contributed by atoms with E-state index in [0.717, 1.165) is 54.3 Å². The van der Waals surface area contributed by atoms with E-state index in [-0.39, 0.29) is 5.82 Å². The molecule has 0 spiro atoms. The lowest BCUT2D eigenvalue weighted by Gasteiger charge is -2.23. The van der Waals surface area contributed by atoms with E-state index < -0.39 is 0 Å². The summed E-state index contributed by atoms with van der Waals surface area (Å²) >= 11 is 0. The van der Waals surface area contributed by atoms with Gasteiger partial charge in [0.1, 0.15) is 11.5 Å². The number of rotatable bonds is 4. The van der Waals surface area contributed by atoms with Crippen LogP contribution >= 0.6 is 0 Å². The summed E-state index contributed by atoms with van der Waals surface area (Å²) in [6.45, 7) is 1.50. The quantitative estimate of drug-likeness (QED) is 0.567. The first-order chi connectivity index (χ1) is 14.3. The fourth-order valence-corrected chi connectivity index (χ4v) is 3.63. The van der Waals surface area contributed by atoms with E-state index in [0.29, 0.717) is 12.0 Å². The Labute approximate surface area is 167 Å². The van der Waals surface area contributed by atoms with Crippen molar-refractivity contribution in [3.05, 3.63) is 66.7 Å². The maximum atomic E-state index is 13.4. The maximum absolute atomic E-state index is 13.4. The Kier molecular flexibility index (Phi) is 4.65. The SMILES string of the molecule is Fc1ccc(-c2nc3ccccn3c2-c2ccnc(NC3CCOCC3)n2)cc1. The number of aromatic nitrogens is 4. The predicted molar refractivity (Wildman–Crippen MR) is 109 cm³/mol. The first-order valence-corrected chi connectivity index (χ1v) is 9.69. The Hall–Kier alpha value is -3.32. The number of imidazole rings is 1. The molecule has 29 heavy (non-hydrogen) atoms. The van der Waals surface area contributed by atoms with Gasteiger partial charge in [0, 0.05) is 37.2 Å². The van der Waals surface area contributed by atoms with Crippen molar-refractivity contribution in [1.82, 2.24) is 19.4 Å². The molecule has 1 aliphatic heterocycles. The number of anilines is 1. The number of hydrogen-bond donors (Lipinski definition) is 1. The van der Waals surface area contributed by atoms with Gasteiger partial charge in [-0.3, -0.25) is 4.40 Å². The van der Waals surface area contributed by atoms with Gasteiger partial charge in [-0.05, 0) is 55.3 Å². The third-order valence-electron chi connectivity index (χ3n) is 5.10. The first kappa shape index (κ1) is 17.8. The molecule has 0 unspecified atom stereocenters. The molecular formula is C22H20FN5O. The van der Waals surface area contributed by atoms with Gasteiger partial charge < -0.3 is 10.1 Å². The van der Waals surface area contributed by atoms with E-state index in [1.165, 1.54) is 12.1 Å². The average molecular weight is 389 g/mol. The first-order valence-electron chi connectivity index (χ1n) is 9.69. The number of hydrogen-bond acceptors (Lipinski definition) is 5. The molecule has 7 heteroatoms. The molecule has 0 bridgehead atoms. The van der Waals surface area contributed by atoms with Crippen LogP contribution < -0.4 is 5.32 Å². The summed E-state index contributed by atoms with van der Waals surface area (Å²) in [6.07, 6.45) is 5.58. The van der Waals surface area contributed by atoms with E-state index in [1.54, 1.807) is 18.3 Å². The molecule has 3 aromatic heterocycles. The highest BCUT2D eigenvalue weighted by molar-refractivity contribution is 5.80. The Morgan fingerprint density at radius 2 is 1.83 bits per heavy atom. The largest absolute Gasteiger partial charge is 0.381 e. The van der Waals surface area contributed by atoms with Gasteiger partial charge in [0.25, 0.3) is 0 Å². The van der Waals surface area contributed by atoms with Crippen molar-refractivity contribution >= 4 is 11.6 Å². The monoisotopic (exact) mass is 389 g/mol. The van der Waals surface area contributed by atoms with Gasteiger partial charge in [-0.1, -0.05) is 6.07 Å². The van der Waals surface area contributed by atoms with Crippen molar-refractivity contribution in [3.8, 4) is 22.6 Å². The van der Waals surface area contributed by atoms with Crippen molar-refractivity contribution in [3.63, 3.8) is 0 Å². The van der Waals surface area contributed by atoms with Crippen LogP contribution in [0, 0.1) is 5.82 Å². The van der Waals surface area contributed by atoms with Crippen LogP contribution in [0.4, 0.5) is 10.3 Å². The number of benzene rings is 1. The van der Waals surface area contributed by atoms with Crippen molar-refractivity contribution in [2.75, 3.05) is 18.5 Å². The summed E-state index contributed by atoms with van der Waals surface area (Å²) in [6, 6.07) is 14.4. The number of halogens is 1. The Morgan fingerprint density at radius 1 is 1.00 bits per heavy atom. The van der Waals surface area contributed by atoms with E-state index in [2.05, 4.69) is 10.3 Å². The van der Waals surface area contributed by atoms with Crippen LogP contribution in [0.5, 0.6) is 0 Å². The maximum Gasteiger partial charge on any atom is 0.223 e. The molecule has 0 aliphatic carbocycles. The van der Waals surface area contributed by atoms with Gasteiger partial charge in [-0.2, -0.15) is 0 Å². The van der Waals surface area contributed by atoms with E-state index in [9.17, 15) is 4.39 Å². The van der Waals surface area contributed by atoms with Crippen LogP contribution in [0.1, 0.15) is 12.8 Å². The van der Waals surface area contributed by atoms with Crippen LogP contribution in [-0.2, 0) is 4.74 Å². The molecular weight excluding hydrogens is 369 g/mol. The molecule has 0 radical (unpaired) electrons. The van der Waals surface area contributed by atoms with Gasteiger partial charge in [-0.25, -0.2) is 19.3 Å². The zero-order valence-corrected chi connectivity index (χ0v) is 15.8. The Balaban J connectivity index is 1.59. The molecule has 0 saturated carbocycles. The second-order valence-electron chi connectivity index (χ2n) is 7.04. The zero-order chi connectivity index (χ0) is 19.6. The molecule has 4 heterocycles. The second kappa shape index (κ2) is 7.60. The van der Waals surface area contributed by atoms with Crippen LogP contribution in [-0.4, -0.2) is 38.6 Å². The molecule has 5 rings (SSSR count). The minimum absolute atomic E-state index is 0.274. The number of ether oxygens (including phenoxy) is 1. The lowest BCUT2D eigenvalue weighted by Crippen LogP contribution is -2.28. The lowest BCUT2D eigenvalue weighted by molar-refractivity contribution is 0.0903. The van der Waals surface area contributed by atoms with E-state index in [4.69, 9.17) is 14.7 Å². The molecule has 1 aliphatic rings. The molecule has 4 aromatic rings. The summed E-state index contributed by atoms with van der Waals surface area (Å²) < 4.78 is 20.9. The average Bonchev–Trinajstić information content (AvgIpc) is 3.15. The molecule has 0 amide bonds. The predicted octanol–water partition coefficient (Wildman–Crippen LogP) is 4.19. The summed E-state index contributed by atoms with van der Waals surface area (Å²) in [4.78, 5) is 13.9. The summed E-state index contributed by atoms with van der Waals surface area (Å²) in [7, 11) is 0. The van der Waals surface area contributed by atoms with Crippen molar-refractivity contribution in [1.29, 1.82) is 0 Å². The molecule has 146 valence electrons. The van der Waals surface area contributed by atoms with Crippen molar-refractivity contribution in [2.45, 2.75) is 18.9 Å². The highest BCUT2D eigenvalue weighted by Gasteiger charge is 2.19. The Morgan fingerprint density at radius 3 is 2.66 bits per heavy atom. The standard InChI is InChI=1S/C22H20FN5O/c23-16-6-4-15(5-7-16)20-21(28-12-2-1-3-19(28)27-20)18-8-11-24-22(26-18)25-17-9-13-29-14-10-17/h1-8,11-12,17H,9-10,13-14H2,(H,24,25,26). The molecule has 1 aromatic carbocycles. The number of pyridine rings is 1. The van der Waals surface area contributed by atoms with Crippen LogP contribution in [0.3, 0.4) is 0 Å². The topological polar surface area (TPSA) is 64.3 Å². The molecule has 1 N–H and O–H groups in total. The van der Waals surface area contributed by atoms with Crippen molar-refractivity contribution in [2.24, 2.45) is 0 Å². The molecule has 1 saturated heterocycles. The van der Waals surface area contributed by atoms with Gasteiger partial charge in [0.2, 0.25) is 5.95 Å². The minimum Gasteiger partial charge on any atom is -0.381 e. The number of nitrogens with one attached hydrogen (secondary N) is 1. The van der Waals surface area contributed by atoms with Crippen LogP contribution in [0.25, 0.3) is 28.3 Å². The zero-order valence-electron chi connectivity index (χ0n) is 15.8. The van der Waals surface area contributed by atoms with Crippen LogP contribution in [0.2, 0.25) is 0 Å². The Bertz CT molecular complexity index is 1140. The third-order valence-corrected chi connectivity index (χ3v) is 5.10. The lowest BCUT2D eigenvalue weighted by atomic mass is 10.1. The fraction of sp³-hybridized carbons (Fsp3) is 0.227. The van der Waals surface area contributed by atoms with E-state index >= 15 is 0 Å². The van der Waals surface area contributed by atoms with Crippen molar-refractivity contribution < 1.29 is 9.13 Å². The summed E-state index contributed by atoms with van der Waals surface area (Å²) in [5, 5.41) is 3.42. The van der Waals surface area contributed by atoms with Crippen LogP contribution in [0.15, 0.2) is 60.9 Å². The van der Waals surface area contributed by atoms with Gasteiger partial charge in [0.15, 0.2) is 0 Å². The number of fused-ring (bicyclic) bond motifs is 1. The number of nitrogens with zero attached hydrogens (tertiary/aromatic N) is 4. The molecule has 6 nitrogen and oxygen atoms in total. The normalized spacial score (nSPS) is 14.9. The molecule has 0 atom stereocenters. The fourth-order valence-electron chi connectivity index (χ4n) is 3.63. The summed E-state index contributed by atoms with van der Waals surface area (Å²) in [5.74, 6) is 0.314.